The zero-order chi connectivity index (χ0) is 37.1. The van der Waals surface area contributed by atoms with Crippen LogP contribution in [0.5, 0.6) is 0 Å². The van der Waals surface area contributed by atoms with Crippen LogP contribution < -0.4 is 26.0 Å². The lowest BCUT2D eigenvalue weighted by Crippen LogP contribution is -2.60. The zero-order valence-corrected chi connectivity index (χ0v) is 30.6. The number of amides is 3. The average molecular weight is 729 g/mol. The van der Waals surface area contributed by atoms with E-state index in [0.717, 1.165) is 92.5 Å². The molecular formula is C40H44N10O4. The summed E-state index contributed by atoms with van der Waals surface area (Å²) in [6.45, 7) is 3.85. The molecule has 14 heteroatoms. The van der Waals surface area contributed by atoms with Crippen LogP contribution >= 0.6 is 0 Å². The van der Waals surface area contributed by atoms with Gasteiger partial charge in [0.15, 0.2) is 0 Å². The van der Waals surface area contributed by atoms with Gasteiger partial charge in [-0.3, -0.25) is 24.5 Å². The summed E-state index contributed by atoms with van der Waals surface area (Å²) < 4.78 is 3.57. The molecule has 9 rings (SSSR count). The third-order valence-electron chi connectivity index (χ3n) is 11.9. The fraction of sp³-hybridized carbons (Fsp3) is 0.425. The first-order chi connectivity index (χ1) is 26.1. The number of hydrogen-bond acceptors (Lipinski definition) is 10. The van der Waals surface area contributed by atoms with Gasteiger partial charge in [0, 0.05) is 87.0 Å². The Morgan fingerprint density at radius 3 is 2.39 bits per heavy atom. The quantitative estimate of drug-likeness (QED) is 0.224. The van der Waals surface area contributed by atoms with Crippen molar-refractivity contribution in [2.24, 2.45) is 5.41 Å². The first kappa shape index (κ1) is 34.0. The Labute approximate surface area is 312 Å². The monoisotopic (exact) mass is 728 g/mol. The molecule has 4 aromatic heterocycles. The largest absolute Gasteiger partial charge is 0.370 e. The molecule has 0 radical (unpaired) electrons. The molecule has 1 aliphatic carbocycles. The maximum atomic E-state index is 13.3. The number of benzene rings is 1. The molecule has 3 amide bonds. The van der Waals surface area contributed by atoms with Gasteiger partial charge >= 0.3 is 0 Å². The van der Waals surface area contributed by atoms with Crippen molar-refractivity contribution in [2.45, 2.75) is 63.5 Å². The van der Waals surface area contributed by atoms with Gasteiger partial charge in [-0.25, -0.2) is 9.97 Å². The van der Waals surface area contributed by atoms with E-state index >= 15 is 0 Å². The summed E-state index contributed by atoms with van der Waals surface area (Å²) in [6, 6.07) is 13.4. The number of carbonyl (C=O) groups excluding carboxylic acids is 3. The van der Waals surface area contributed by atoms with Crippen molar-refractivity contribution in [3.05, 3.63) is 77.1 Å². The van der Waals surface area contributed by atoms with E-state index in [1.54, 1.807) is 31.4 Å². The standard InChI is InChI=1S/C40H44N10O4/c1-46(2)38(54)32-20-26-21-42-39(45-35(26)50(32)27-5-3-4-6-27)43-33-11-8-29(22-41-33)47-17-14-40(15-18-47)23-48(24-40)28-7-9-30-25(19-28)13-16-49(37(30)53)31-10-12-34(51)44-36(31)52/h7-9,11,13,16,19-22,27,31H,3-6,10,12,14-15,17-18,23-24H2,1-2H3,(H,44,51,52)(H,41,42,43,45)/t31-/m0/s1. The van der Waals surface area contributed by atoms with E-state index in [0.29, 0.717) is 29.3 Å². The van der Waals surface area contributed by atoms with Gasteiger partial charge in [-0.05, 0) is 80.0 Å². The highest BCUT2D eigenvalue weighted by molar-refractivity contribution is 6.00. The van der Waals surface area contributed by atoms with Crippen LogP contribution in [-0.4, -0.2) is 87.0 Å². The maximum absolute atomic E-state index is 13.3. The van der Waals surface area contributed by atoms with Gasteiger partial charge < -0.3 is 29.2 Å². The van der Waals surface area contributed by atoms with Gasteiger partial charge in [0.25, 0.3) is 11.5 Å². The van der Waals surface area contributed by atoms with Gasteiger partial charge in [-0.15, -0.1) is 0 Å². The van der Waals surface area contributed by atoms with Crippen molar-refractivity contribution in [1.82, 2.24) is 34.3 Å². The first-order valence-electron chi connectivity index (χ1n) is 19.0. The number of fused-ring (bicyclic) bond motifs is 2. The number of nitrogens with zero attached hydrogens (tertiary/aromatic N) is 8. The van der Waals surface area contributed by atoms with Gasteiger partial charge in [0.05, 0.1) is 11.9 Å². The maximum Gasteiger partial charge on any atom is 0.270 e. The van der Waals surface area contributed by atoms with E-state index in [2.05, 4.69) is 42.1 Å². The predicted molar refractivity (Wildman–Crippen MR) is 206 cm³/mol. The van der Waals surface area contributed by atoms with Gasteiger partial charge in [-0.1, -0.05) is 12.8 Å². The van der Waals surface area contributed by atoms with E-state index < -0.39 is 11.9 Å². The second-order valence-corrected chi connectivity index (χ2v) is 15.6. The molecule has 0 bridgehead atoms. The van der Waals surface area contributed by atoms with Crippen molar-refractivity contribution >= 4 is 62.7 Å². The molecule has 3 saturated heterocycles. The second-order valence-electron chi connectivity index (χ2n) is 15.6. The molecular weight excluding hydrogens is 685 g/mol. The minimum atomic E-state index is -0.669. The summed E-state index contributed by atoms with van der Waals surface area (Å²) in [5, 5.41) is 7.90. The first-order valence-corrected chi connectivity index (χ1v) is 19.0. The number of hydrogen-bond donors (Lipinski definition) is 2. The van der Waals surface area contributed by atoms with Crippen LogP contribution in [0.15, 0.2) is 65.8 Å². The van der Waals surface area contributed by atoms with Crippen LogP contribution in [0.3, 0.4) is 0 Å². The van der Waals surface area contributed by atoms with Crippen molar-refractivity contribution < 1.29 is 14.4 Å². The summed E-state index contributed by atoms with van der Waals surface area (Å²) in [5.74, 6) is 0.365. The topological polar surface area (TPSA) is 151 Å². The molecule has 14 nitrogen and oxygen atoms in total. The molecule has 2 N–H and O–H groups in total. The summed E-state index contributed by atoms with van der Waals surface area (Å²) >= 11 is 0. The SMILES string of the molecule is CN(C)C(=O)c1cc2cnc(Nc3ccc(N4CCC5(CC4)CN(c4ccc6c(=O)n([C@H]7CCC(=O)NC7=O)ccc6c4)C5)cn3)nc2n1C1CCCC1. The summed E-state index contributed by atoms with van der Waals surface area (Å²) in [4.78, 5) is 70.9. The molecule has 5 aromatic rings. The Hall–Kier alpha value is -5.79. The molecule has 7 heterocycles. The molecule has 4 aliphatic rings. The number of carbonyl (C=O) groups is 3. The third kappa shape index (κ3) is 6.02. The average Bonchev–Trinajstić information content (AvgIpc) is 3.82. The minimum absolute atomic E-state index is 0.0290. The molecule has 1 spiro atoms. The highest BCUT2D eigenvalue weighted by Crippen LogP contribution is 2.44. The summed E-state index contributed by atoms with van der Waals surface area (Å²) in [5.41, 5.74) is 3.66. The number of rotatable bonds is 7. The fourth-order valence-corrected chi connectivity index (χ4v) is 8.90. The van der Waals surface area contributed by atoms with Crippen molar-refractivity contribution in [3.8, 4) is 0 Å². The number of imide groups is 1. The zero-order valence-electron chi connectivity index (χ0n) is 30.6. The molecule has 4 fully saturated rings. The number of pyridine rings is 2. The third-order valence-corrected chi connectivity index (χ3v) is 11.9. The normalized spacial score (nSPS) is 20.1. The van der Waals surface area contributed by atoms with Gasteiger partial charge in [-0.2, -0.15) is 4.98 Å². The number of nitrogens with one attached hydrogen (secondary N) is 2. The van der Waals surface area contributed by atoms with E-state index in [4.69, 9.17) is 9.97 Å². The molecule has 1 atom stereocenters. The molecule has 54 heavy (non-hydrogen) atoms. The van der Waals surface area contributed by atoms with Gasteiger partial charge in [0.1, 0.15) is 23.2 Å². The molecule has 1 aromatic carbocycles. The minimum Gasteiger partial charge on any atom is -0.370 e. The van der Waals surface area contributed by atoms with E-state index in [1.807, 2.05) is 36.5 Å². The number of piperidine rings is 2. The van der Waals surface area contributed by atoms with Crippen LogP contribution in [0, 0.1) is 5.41 Å². The lowest BCUT2D eigenvalue weighted by molar-refractivity contribution is -0.135. The van der Waals surface area contributed by atoms with E-state index in [9.17, 15) is 19.2 Å². The second kappa shape index (κ2) is 13.3. The van der Waals surface area contributed by atoms with E-state index in [1.165, 1.54) is 4.57 Å². The smallest absolute Gasteiger partial charge is 0.270 e. The number of anilines is 4. The fourth-order valence-electron chi connectivity index (χ4n) is 8.90. The summed E-state index contributed by atoms with van der Waals surface area (Å²) in [7, 11) is 3.56. The van der Waals surface area contributed by atoms with Crippen LogP contribution in [0.4, 0.5) is 23.1 Å². The van der Waals surface area contributed by atoms with Crippen LogP contribution in [0.2, 0.25) is 0 Å². The van der Waals surface area contributed by atoms with Crippen molar-refractivity contribution in [1.29, 1.82) is 0 Å². The van der Waals surface area contributed by atoms with Crippen LogP contribution in [-0.2, 0) is 9.59 Å². The Kier molecular flexibility index (Phi) is 8.35. The Morgan fingerprint density at radius 1 is 0.889 bits per heavy atom. The Bertz CT molecular complexity index is 2340. The lowest BCUT2D eigenvalue weighted by atomic mass is 9.71. The van der Waals surface area contributed by atoms with E-state index in [-0.39, 0.29) is 35.3 Å². The predicted octanol–water partition coefficient (Wildman–Crippen LogP) is 4.79. The molecule has 1 saturated carbocycles. The molecule has 278 valence electrons. The van der Waals surface area contributed by atoms with Crippen molar-refractivity contribution in [3.63, 3.8) is 0 Å². The van der Waals surface area contributed by atoms with Crippen LogP contribution in [0.1, 0.15) is 73.9 Å². The van der Waals surface area contributed by atoms with Gasteiger partial charge in [0.2, 0.25) is 17.8 Å². The van der Waals surface area contributed by atoms with Crippen LogP contribution in [0.25, 0.3) is 21.8 Å². The Balaban J connectivity index is 0.825. The highest BCUT2D eigenvalue weighted by atomic mass is 16.2. The molecule has 0 unspecified atom stereocenters. The molecule has 3 aliphatic heterocycles. The van der Waals surface area contributed by atoms with Crippen molar-refractivity contribution in [2.75, 3.05) is 55.4 Å². The number of aromatic nitrogens is 5. The summed E-state index contributed by atoms with van der Waals surface area (Å²) in [6.07, 6.45) is 12.5. The highest BCUT2D eigenvalue weighted by Gasteiger charge is 2.45. The lowest BCUT2D eigenvalue weighted by Gasteiger charge is -2.55. The Morgan fingerprint density at radius 2 is 1.67 bits per heavy atom.